The minimum atomic E-state index is -0.437. The molecule has 0 aromatic heterocycles. The third kappa shape index (κ3) is 3.81. The zero-order chi connectivity index (χ0) is 11.6. The molecule has 0 unspecified atom stereocenters. The smallest absolute Gasteiger partial charge is 0.338 e. The minimum absolute atomic E-state index is 0.264. The van der Waals surface area contributed by atoms with Gasteiger partial charge in [-0.05, 0) is 68.0 Å². The van der Waals surface area contributed by atoms with Gasteiger partial charge in [-0.1, -0.05) is 6.07 Å². The number of benzene rings is 1. The Balaban J connectivity index is 2.88. The molecule has 0 heterocycles. The predicted molar refractivity (Wildman–Crippen MR) is 69.1 cm³/mol. The van der Waals surface area contributed by atoms with Crippen molar-refractivity contribution in [2.24, 2.45) is 0 Å². The summed E-state index contributed by atoms with van der Waals surface area (Å²) in [6.07, 6.45) is 0. The van der Waals surface area contributed by atoms with E-state index in [1.54, 1.807) is 6.07 Å². The van der Waals surface area contributed by atoms with Crippen LogP contribution in [-0.2, 0) is 4.74 Å². The van der Waals surface area contributed by atoms with E-state index in [-0.39, 0.29) is 5.97 Å². The lowest BCUT2D eigenvalue weighted by Gasteiger charge is -2.19. The maximum absolute atomic E-state index is 11.7. The van der Waals surface area contributed by atoms with Crippen LogP contribution >= 0.6 is 22.6 Å². The summed E-state index contributed by atoms with van der Waals surface area (Å²) >= 11 is 2.21. The summed E-state index contributed by atoms with van der Waals surface area (Å²) < 4.78 is 6.36. The Morgan fingerprint density at radius 2 is 1.93 bits per heavy atom. The maximum Gasteiger partial charge on any atom is 0.338 e. The molecule has 1 aromatic carbocycles. The highest BCUT2D eigenvalue weighted by molar-refractivity contribution is 14.1. The summed E-state index contributed by atoms with van der Waals surface area (Å²) in [7, 11) is 0. The number of carbonyl (C=O) groups is 1. The fourth-order valence-electron chi connectivity index (χ4n) is 1.06. The molecular weight excluding hydrogens is 303 g/mol. The van der Waals surface area contributed by atoms with Gasteiger partial charge in [-0.25, -0.2) is 4.79 Å². The normalized spacial score (nSPS) is 11.3. The van der Waals surface area contributed by atoms with Gasteiger partial charge in [0, 0.05) is 3.57 Å². The number of aryl methyl sites for hydroxylation is 1. The molecule has 0 spiro atoms. The number of carbonyl (C=O) groups excluding carboxylic acids is 1. The summed E-state index contributed by atoms with van der Waals surface area (Å²) in [5, 5.41) is 0. The average molecular weight is 318 g/mol. The van der Waals surface area contributed by atoms with E-state index in [0.717, 1.165) is 3.57 Å². The van der Waals surface area contributed by atoms with Gasteiger partial charge in [0.15, 0.2) is 0 Å². The molecule has 0 amide bonds. The first-order valence-corrected chi connectivity index (χ1v) is 5.87. The zero-order valence-electron chi connectivity index (χ0n) is 9.43. The second kappa shape index (κ2) is 4.51. The highest BCUT2D eigenvalue weighted by Crippen LogP contribution is 2.16. The Kier molecular flexibility index (Phi) is 3.76. The van der Waals surface area contributed by atoms with Gasteiger partial charge in [-0.15, -0.1) is 0 Å². The number of hydrogen-bond donors (Lipinski definition) is 0. The van der Waals surface area contributed by atoms with E-state index in [1.807, 2.05) is 39.8 Å². The van der Waals surface area contributed by atoms with Gasteiger partial charge in [0.25, 0.3) is 0 Å². The van der Waals surface area contributed by atoms with Crippen LogP contribution in [0.4, 0.5) is 0 Å². The summed E-state index contributed by atoms with van der Waals surface area (Å²) in [5.74, 6) is -0.264. The first-order chi connectivity index (χ1) is 6.79. The first-order valence-electron chi connectivity index (χ1n) is 4.79. The number of halogens is 1. The minimum Gasteiger partial charge on any atom is -0.456 e. The average Bonchev–Trinajstić information content (AvgIpc) is 2.06. The van der Waals surface area contributed by atoms with Crippen molar-refractivity contribution in [2.75, 3.05) is 0 Å². The van der Waals surface area contributed by atoms with Gasteiger partial charge in [0.2, 0.25) is 0 Å². The van der Waals surface area contributed by atoms with E-state index < -0.39 is 5.60 Å². The molecule has 3 heteroatoms. The molecule has 0 fully saturated rings. The lowest BCUT2D eigenvalue weighted by molar-refractivity contribution is 0.00695. The van der Waals surface area contributed by atoms with Crippen LogP contribution in [0.2, 0.25) is 0 Å². The maximum atomic E-state index is 11.7. The molecule has 0 aliphatic rings. The molecule has 0 radical (unpaired) electrons. The number of ether oxygens (including phenoxy) is 1. The summed E-state index contributed by atoms with van der Waals surface area (Å²) in [4.78, 5) is 11.7. The fraction of sp³-hybridized carbons (Fsp3) is 0.417. The lowest BCUT2D eigenvalue weighted by atomic mass is 10.1. The van der Waals surface area contributed by atoms with Crippen LogP contribution in [0.15, 0.2) is 18.2 Å². The van der Waals surface area contributed by atoms with Crippen molar-refractivity contribution in [1.82, 2.24) is 0 Å². The standard InChI is InChI=1S/C12H15IO2/c1-8-5-6-9(7-10(8)13)11(14)15-12(2,3)4/h5-7H,1-4H3. The number of hydrogen-bond acceptors (Lipinski definition) is 2. The summed E-state index contributed by atoms with van der Waals surface area (Å²) in [6, 6.07) is 5.58. The first kappa shape index (κ1) is 12.5. The van der Waals surface area contributed by atoms with Crippen molar-refractivity contribution in [3.63, 3.8) is 0 Å². The van der Waals surface area contributed by atoms with Crippen molar-refractivity contribution >= 4 is 28.6 Å². The molecule has 82 valence electrons. The van der Waals surface area contributed by atoms with Crippen LogP contribution < -0.4 is 0 Å². The fourth-order valence-corrected chi connectivity index (χ4v) is 1.57. The molecule has 0 N–H and O–H groups in total. The Morgan fingerprint density at radius 3 is 2.40 bits per heavy atom. The van der Waals surface area contributed by atoms with Crippen molar-refractivity contribution < 1.29 is 9.53 Å². The SMILES string of the molecule is Cc1ccc(C(=O)OC(C)(C)C)cc1I. The molecule has 0 atom stereocenters. The molecule has 1 aromatic rings. The van der Waals surface area contributed by atoms with E-state index in [2.05, 4.69) is 22.6 Å². The molecule has 2 nitrogen and oxygen atoms in total. The topological polar surface area (TPSA) is 26.3 Å². The van der Waals surface area contributed by atoms with Gasteiger partial charge in [-0.2, -0.15) is 0 Å². The molecule has 1 rings (SSSR count). The second-order valence-electron chi connectivity index (χ2n) is 4.47. The molecular formula is C12H15IO2. The third-order valence-corrected chi connectivity index (χ3v) is 2.97. The molecule has 0 bridgehead atoms. The van der Waals surface area contributed by atoms with E-state index >= 15 is 0 Å². The summed E-state index contributed by atoms with van der Waals surface area (Å²) in [6.45, 7) is 7.61. The van der Waals surface area contributed by atoms with E-state index in [4.69, 9.17) is 4.74 Å². The van der Waals surface area contributed by atoms with Crippen LogP contribution in [0.5, 0.6) is 0 Å². The lowest BCUT2D eigenvalue weighted by Crippen LogP contribution is -2.23. The van der Waals surface area contributed by atoms with Gasteiger partial charge in [0.1, 0.15) is 5.60 Å². The van der Waals surface area contributed by atoms with Crippen molar-refractivity contribution in [1.29, 1.82) is 0 Å². The third-order valence-electron chi connectivity index (χ3n) is 1.81. The van der Waals surface area contributed by atoms with E-state index in [9.17, 15) is 4.79 Å². The largest absolute Gasteiger partial charge is 0.456 e. The van der Waals surface area contributed by atoms with Crippen LogP contribution in [0.25, 0.3) is 0 Å². The van der Waals surface area contributed by atoms with Gasteiger partial charge < -0.3 is 4.74 Å². The molecule has 0 saturated heterocycles. The van der Waals surface area contributed by atoms with Gasteiger partial charge >= 0.3 is 5.97 Å². The zero-order valence-corrected chi connectivity index (χ0v) is 11.6. The van der Waals surface area contributed by atoms with Crippen LogP contribution in [0.1, 0.15) is 36.7 Å². The van der Waals surface area contributed by atoms with Gasteiger partial charge in [0.05, 0.1) is 5.56 Å². The Morgan fingerprint density at radius 1 is 1.33 bits per heavy atom. The molecule has 0 saturated carbocycles. The van der Waals surface area contributed by atoms with Crippen molar-refractivity contribution in [2.45, 2.75) is 33.3 Å². The van der Waals surface area contributed by atoms with Gasteiger partial charge in [-0.3, -0.25) is 0 Å². The Hall–Kier alpha value is -0.580. The van der Waals surface area contributed by atoms with Crippen LogP contribution in [0.3, 0.4) is 0 Å². The van der Waals surface area contributed by atoms with Crippen molar-refractivity contribution in [3.8, 4) is 0 Å². The highest BCUT2D eigenvalue weighted by Gasteiger charge is 2.17. The number of esters is 1. The monoisotopic (exact) mass is 318 g/mol. The van der Waals surface area contributed by atoms with E-state index in [1.165, 1.54) is 5.56 Å². The van der Waals surface area contributed by atoms with Crippen molar-refractivity contribution in [3.05, 3.63) is 32.9 Å². The predicted octanol–water partition coefficient (Wildman–Crippen LogP) is 3.55. The quantitative estimate of drug-likeness (QED) is 0.585. The van der Waals surface area contributed by atoms with Crippen LogP contribution in [0, 0.1) is 10.5 Å². The molecule has 0 aliphatic heterocycles. The van der Waals surface area contributed by atoms with E-state index in [0.29, 0.717) is 5.56 Å². The second-order valence-corrected chi connectivity index (χ2v) is 5.63. The van der Waals surface area contributed by atoms with Crippen LogP contribution in [-0.4, -0.2) is 11.6 Å². The molecule has 15 heavy (non-hydrogen) atoms. The highest BCUT2D eigenvalue weighted by atomic mass is 127. The Labute approximate surface area is 104 Å². The molecule has 0 aliphatic carbocycles. The number of rotatable bonds is 1. The summed E-state index contributed by atoms with van der Waals surface area (Å²) in [5.41, 5.74) is 1.34. The Bertz CT molecular complexity index is 378.